The molecule has 2 rings (SSSR count). The van der Waals surface area contributed by atoms with Gasteiger partial charge in [0.25, 0.3) is 0 Å². The van der Waals surface area contributed by atoms with Crippen molar-refractivity contribution in [2.75, 3.05) is 19.0 Å². The summed E-state index contributed by atoms with van der Waals surface area (Å²) in [4.78, 5) is 0.571. The van der Waals surface area contributed by atoms with Crippen molar-refractivity contribution in [3.05, 3.63) is 30.1 Å². The maximum atomic E-state index is 12.9. The van der Waals surface area contributed by atoms with E-state index in [9.17, 15) is 8.60 Å². The van der Waals surface area contributed by atoms with E-state index >= 15 is 0 Å². The summed E-state index contributed by atoms with van der Waals surface area (Å²) >= 11 is 0. The lowest BCUT2D eigenvalue weighted by molar-refractivity contribution is 0.189. The molecule has 0 saturated carbocycles. The van der Waals surface area contributed by atoms with Crippen LogP contribution in [0.1, 0.15) is 6.42 Å². The third kappa shape index (κ3) is 2.86. The van der Waals surface area contributed by atoms with Gasteiger partial charge in [-0.3, -0.25) is 4.21 Å². The van der Waals surface area contributed by atoms with E-state index in [0.29, 0.717) is 23.2 Å². The average Bonchev–Trinajstić information content (AvgIpc) is 2.70. The van der Waals surface area contributed by atoms with Crippen LogP contribution in [0, 0.1) is 11.7 Å². The number of ether oxygens (including phenoxy) is 1. The Morgan fingerprint density at radius 1 is 1.53 bits per heavy atom. The fourth-order valence-electron chi connectivity index (χ4n) is 1.63. The maximum absolute atomic E-state index is 12.9. The smallest absolute Gasteiger partial charge is 0.124 e. The Morgan fingerprint density at radius 3 is 3.07 bits per heavy atom. The molecule has 0 aliphatic carbocycles. The maximum Gasteiger partial charge on any atom is 0.124 e. The molecule has 2 nitrogen and oxygen atoms in total. The third-order valence-corrected chi connectivity index (χ3v) is 4.02. The van der Waals surface area contributed by atoms with Crippen LogP contribution in [0.4, 0.5) is 4.39 Å². The molecule has 0 bridgehead atoms. The predicted octanol–water partition coefficient (Wildman–Crippen LogP) is 1.97. The fraction of sp³-hybridized carbons (Fsp3) is 0.455. The molecule has 2 atom stereocenters. The van der Waals surface area contributed by atoms with Crippen LogP contribution in [0.2, 0.25) is 0 Å². The lowest BCUT2D eigenvalue weighted by atomic mass is 10.2. The Kier molecular flexibility index (Phi) is 3.49. The number of hydrogen-bond donors (Lipinski definition) is 0. The van der Waals surface area contributed by atoms with Gasteiger partial charge in [0, 0.05) is 17.3 Å². The molecule has 1 aliphatic rings. The van der Waals surface area contributed by atoms with Gasteiger partial charge in [-0.1, -0.05) is 6.07 Å². The van der Waals surface area contributed by atoms with Crippen LogP contribution in [0.15, 0.2) is 29.2 Å². The first kappa shape index (κ1) is 10.8. The number of rotatable bonds is 3. The first-order valence-corrected chi connectivity index (χ1v) is 6.29. The summed E-state index contributed by atoms with van der Waals surface area (Å²) in [6.45, 7) is 1.44. The summed E-state index contributed by atoms with van der Waals surface area (Å²) < 4.78 is 29.9. The minimum absolute atomic E-state index is 0.330. The zero-order valence-corrected chi connectivity index (χ0v) is 9.13. The molecule has 1 fully saturated rings. The summed E-state index contributed by atoms with van der Waals surface area (Å²) in [6, 6.07) is 5.99. The topological polar surface area (TPSA) is 26.3 Å². The molecule has 0 amide bonds. The van der Waals surface area contributed by atoms with Crippen molar-refractivity contribution in [3.8, 4) is 0 Å². The second kappa shape index (κ2) is 4.86. The molecule has 0 aromatic heterocycles. The molecular formula is C11H13FO2S. The van der Waals surface area contributed by atoms with E-state index in [1.807, 2.05) is 0 Å². The Hall–Kier alpha value is -0.740. The highest BCUT2D eigenvalue weighted by Crippen LogP contribution is 2.17. The second-order valence-electron chi connectivity index (χ2n) is 3.70. The van der Waals surface area contributed by atoms with Crippen LogP contribution in [0.5, 0.6) is 0 Å². The lowest BCUT2D eigenvalue weighted by Crippen LogP contribution is -2.11. The Labute approximate surface area is 90.9 Å². The highest BCUT2D eigenvalue weighted by Gasteiger charge is 2.19. The second-order valence-corrected chi connectivity index (χ2v) is 5.19. The number of benzene rings is 1. The van der Waals surface area contributed by atoms with Gasteiger partial charge in [-0.05, 0) is 30.5 Å². The van der Waals surface area contributed by atoms with Gasteiger partial charge >= 0.3 is 0 Å². The molecule has 2 unspecified atom stereocenters. The van der Waals surface area contributed by atoms with Crippen molar-refractivity contribution in [1.29, 1.82) is 0 Å². The monoisotopic (exact) mass is 228 g/mol. The van der Waals surface area contributed by atoms with Gasteiger partial charge in [0.05, 0.1) is 17.4 Å². The van der Waals surface area contributed by atoms with Crippen LogP contribution in [-0.4, -0.2) is 23.2 Å². The summed E-state index contributed by atoms with van der Waals surface area (Å²) in [5.74, 6) is 0.598. The molecule has 1 aliphatic heterocycles. The van der Waals surface area contributed by atoms with Gasteiger partial charge in [0.15, 0.2) is 0 Å². The minimum Gasteiger partial charge on any atom is -0.381 e. The highest BCUT2D eigenvalue weighted by molar-refractivity contribution is 7.85. The molecule has 0 radical (unpaired) electrons. The standard InChI is InChI=1S/C11H13FO2S/c12-10-2-1-3-11(6-10)15(13)8-9-4-5-14-7-9/h1-3,6,9H,4-5,7-8H2. The van der Waals surface area contributed by atoms with E-state index in [2.05, 4.69) is 0 Å². The molecule has 4 heteroatoms. The van der Waals surface area contributed by atoms with E-state index in [1.54, 1.807) is 12.1 Å². The van der Waals surface area contributed by atoms with Crippen LogP contribution in [0.25, 0.3) is 0 Å². The van der Waals surface area contributed by atoms with Gasteiger partial charge < -0.3 is 4.74 Å². The van der Waals surface area contributed by atoms with Crippen LogP contribution < -0.4 is 0 Å². The van der Waals surface area contributed by atoms with Gasteiger partial charge in [0.1, 0.15) is 5.82 Å². The number of halogens is 1. The van der Waals surface area contributed by atoms with E-state index in [0.717, 1.165) is 13.0 Å². The van der Waals surface area contributed by atoms with Crippen molar-refractivity contribution < 1.29 is 13.3 Å². The summed E-state index contributed by atoms with van der Waals surface area (Å²) in [6.07, 6.45) is 0.959. The zero-order valence-electron chi connectivity index (χ0n) is 8.32. The van der Waals surface area contributed by atoms with Crippen molar-refractivity contribution in [2.45, 2.75) is 11.3 Å². The minimum atomic E-state index is -1.10. The Bertz CT molecular complexity index is 361. The van der Waals surface area contributed by atoms with Crippen LogP contribution >= 0.6 is 0 Å². The van der Waals surface area contributed by atoms with Crippen molar-refractivity contribution >= 4 is 10.8 Å². The third-order valence-electron chi connectivity index (χ3n) is 2.47. The van der Waals surface area contributed by atoms with E-state index in [1.165, 1.54) is 12.1 Å². The summed E-state index contributed by atoms with van der Waals surface area (Å²) in [5.41, 5.74) is 0. The molecule has 1 saturated heterocycles. The van der Waals surface area contributed by atoms with Crippen LogP contribution in [-0.2, 0) is 15.5 Å². The predicted molar refractivity (Wildman–Crippen MR) is 56.6 cm³/mol. The molecule has 0 spiro atoms. The normalized spacial score (nSPS) is 22.9. The van der Waals surface area contributed by atoms with Crippen molar-refractivity contribution in [3.63, 3.8) is 0 Å². The van der Waals surface area contributed by atoms with Crippen LogP contribution in [0.3, 0.4) is 0 Å². The summed E-state index contributed by atoms with van der Waals surface area (Å²) in [5, 5.41) is 0. The SMILES string of the molecule is O=S(CC1CCOC1)c1cccc(F)c1. The number of hydrogen-bond acceptors (Lipinski definition) is 2. The van der Waals surface area contributed by atoms with Gasteiger partial charge in [-0.15, -0.1) is 0 Å². The molecule has 1 aromatic carbocycles. The van der Waals surface area contributed by atoms with E-state index in [-0.39, 0.29) is 5.82 Å². The average molecular weight is 228 g/mol. The first-order valence-electron chi connectivity index (χ1n) is 4.97. The molecular weight excluding hydrogens is 215 g/mol. The van der Waals surface area contributed by atoms with E-state index < -0.39 is 10.8 Å². The van der Waals surface area contributed by atoms with E-state index in [4.69, 9.17) is 4.74 Å². The van der Waals surface area contributed by atoms with Gasteiger partial charge in [-0.25, -0.2) is 4.39 Å². The van der Waals surface area contributed by atoms with Crippen molar-refractivity contribution in [1.82, 2.24) is 0 Å². The van der Waals surface area contributed by atoms with Gasteiger partial charge in [0.2, 0.25) is 0 Å². The molecule has 0 N–H and O–H groups in total. The fourth-order valence-corrected chi connectivity index (χ4v) is 2.99. The first-order chi connectivity index (χ1) is 7.25. The van der Waals surface area contributed by atoms with Crippen molar-refractivity contribution in [2.24, 2.45) is 5.92 Å². The Balaban J connectivity index is 2.01. The molecule has 15 heavy (non-hydrogen) atoms. The molecule has 1 heterocycles. The summed E-state index contributed by atoms with van der Waals surface area (Å²) in [7, 11) is -1.10. The highest BCUT2D eigenvalue weighted by atomic mass is 32.2. The quantitative estimate of drug-likeness (QED) is 0.790. The lowest BCUT2D eigenvalue weighted by Gasteiger charge is -2.06. The Morgan fingerprint density at radius 2 is 2.40 bits per heavy atom. The molecule has 1 aromatic rings. The van der Waals surface area contributed by atoms with Gasteiger partial charge in [-0.2, -0.15) is 0 Å². The largest absolute Gasteiger partial charge is 0.381 e. The molecule has 82 valence electrons. The zero-order chi connectivity index (χ0) is 10.7.